The van der Waals surface area contributed by atoms with E-state index in [4.69, 9.17) is 26.1 Å². The fourth-order valence-corrected chi connectivity index (χ4v) is 5.05. The molecule has 0 N–H and O–H groups in total. The Morgan fingerprint density at radius 3 is 2.62 bits per heavy atom. The van der Waals surface area contributed by atoms with Gasteiger partial charge in [0.15, 0.2) is 17.3 Å². The standard InChI is InChI=1S/C28H26ClF2N7O2/c29-20-2-1-19(23(31)12-20)17-40-26-4-3-22(30)27(35-26)37-8-6-36(7-9-37)16-25-34-24-11-18(13-32)14-33-28(24)38(25)15-21-5-10-39-21/h1-4,11-12,14,21H,5-10,15-17H2. The van der Waals surface area contributed by atoms with Crippen LogP contribution in [0.15, 0.2) is 42.6 Å². The molecule has 2 aliphatic heterocycles. The summed E-state index contributed by atoms with van der Waals surface area (Å²) in [5, 5.41) is 9.57. The van der Waals surface area contributed by atoms with Crippen LogP contribution in [0, 0.1) is 23.0 Å². The van der Waals surface area contributed by atoms with E-state index in [1.165, 1.54) is 18.2 Å². The Balaban J connectivity index is 1.12. The monoisotopic (exact) mass is 565 g/mol. The van der Waals surface area contributed by atoms with Crippen LogP contribution in [-0.4, -0.2) is 63.3 Å². The van der Waals surface area contributed by atoms with E-state index in [0.29, 0.717) is 60.9 Å². The molecular formula is C28H26ClF2N7O2. The summed E-state index contributed by atoms with van der Waals surface area (Å²) in [6.07, 6.45) is 2.69. The molecule has 3 aromatic heterocycles. The molecule has 2 saturated heterocycles. The van der Waals surface area contributed by atoms with Crippen molar-refractivity contribution in [3.63, 3.8) is 0 Å². The number of nitriles is 1. The molecule has 5 heterocycles. The minimum absolute atomic E-state index is 0.0491. The molecule has 206 valence electrons. The van der Waals surface area contributed by atoms with Crippen LogP contribution in [0.1, 0.15) is 23.4 Å². The number of hydrogen-bond acceptors (Lipinski definition) is 8. The van der Waals surface area contributed by atoms with Crippen molar-refractivity contribution in [3.05, 3.63) is 76.2 Å². The van der Waals surface area contributed by atoms with Gasteiger partial charge in [0.1, 0.15) is 29.8 Å². The third-order valence-electron chi connectivity index (χ3n) is 7.20. The Hall–Kier alpha value is -3.85. The van der Waals surface area contributed by atoms with Gasteiger partial charge in [0.2, 0.25) is 5.88 Å². The van der Waals surface area contributed by atoms with Crippen LogP contribution in [0.2, 0.25) is 5.02 Å². The number of ether oxygens (including phenoxy) is 2. The molecule has 6 rings (SSSR count). The van der Waals surface area contributed by atoms with E-state index < -0.39 is 11.6 Å². The van der Waals surface area contributed by atoms with Crippen molar-refractivity contribution in [1.29, 1.82) is 5.26 Å². The van der Waals surface area contributed by atoms with Crippen molar-refractivity contribution in [1.82, 2.24) is 24.4 Å². The predicted molar refractivity (Wildman–Crippen MR) is 144 cm³/mol. The zero-order valence-corrected chi connectivity index (χ0v) is 22.3. The summed E-state index contributed by atoms with van der Waals surface area (Å²) in [6.45, 7) is 4.41. The first-order valence-electron chi connectivity index (χ1n) is 13.0. The summed E-state index contributed by atoms with van der Waals surface area (Å²) in [4.78, 5) is 17.8. The summed E-state index contributed by atoms with van der Waals surface area (Å²) < 4.78 is 42.3. The average molecular weight is 566 g/mol. The SMILES string of the molecule is N#Cc1cnc2c(c1)nc(CN1CCN(c3nc(OCc4ccc(Cl)cc4F)ccc3F)CC1)n2CC1CCO1. The van der Waals surface area contributed by atoms with Gasteiger partial charge >= 0.3 is 0 Å². The molecule has 0 spiro atoms. The predicted octanol–water partition coefficient (Wildman–Crippen LogP) is 4.32. The number of halogens is 3. The normalized spacial score (nSPS) is 17.6. The van der Waals surface area contributed by atoms with Crippen LogP contribution >= 0.6 is 11.6 Å². The number of rotatable bonds is 8. The van der Waals surface area contributed by atoms with Crippen LogP contribution < -0.4 is 9.64 Å². The summed E-state index contributed by atoms with van der Waals surface area (Å²) >= 11 is 5.81. The van der Waals surface area contributed by atoms with E-state index in [-0.39, 0.29) is 24.4 Å². The Labute approximate surface area is 234 Å². The van der Waals surface area contributed by atoms with Crippen molar-refractivity contribution < 1.29 is 18.3 Å². The smallest absolute Gasteiger partial charge is 0.215 e. The molecule has 0 radical (unpaired) electrons. The van der Waals surface area contributed by atoms with Crippen LogP contribution in [0.5, 0.6) is 5.88 Å². The number of pyridine rings is 2. The Morgan fingerprint density at radius 2 is 1.90 bits per heavy atom. The molecule has 0 amide bonds. The highest BCUT2D eigenvalue weighted by atomic mass is 35.5. The summed E-state index contributed by atoms with van der Waals surface area (Å²) in [5.41, 5.74) is 2.23. The van der Waals surface area contributed by atoms with Crippen molar-refractivity contribution in [2.24, 2.45) is 0 Å². The molecular weight excluding hydrogens is 540 g/mol. The Bertz CT molecular complexity index is 1580. The van der Waals surface area contributed by atoms with Gasteiger partial charge in [-0.25, -0.2) is 18.7 Å². The molecule has 1 unspecified atom stereocenters. The highest BCUT2D eigenvalue weighted by Crippen LogP contribution is 2.25. The molecule has 4 aromatic rings. The fourth-order valence-electron chi connectivity index (χ4n) is 4.89. The fraction of sp³-hybridized carbons (Fsp3) is 0.357. The molecule has 0 aliphatic carbocycles. The molecule has 9 nitrogen and oxygen atoms in total. The number of fused-ring (bicyclic) bond motifs is 1. The zero-order valence-electron chi connectivity index (χ0n) is 21.6. The number of imidazole rings is 1. The van der Waals surface area contributed by atoms with E-state index in [0.717, 1.165) is 24.5 Å². The third kappa shape index (κ3) is 5.56. The first-order valence-corrected chi connectivity index (χ1v) is 13.4. The van der Waals surface area contributed by atoms with Crippen molar-refractivity contribution >= 4 is 28.6 Å². The molecule has 12 heteroatoms. The Morgan fingerprint density at radius 1 is 1.07 bits per heavy atom. The van der Waals surface area contributed by atoms with Gasteiger partial charge in [-0.3, -0.25) is 4.90 Å². The maximum absolute atomic E-state index is 14.8. The molecule has 1 aromatic carbocycles. The van der Waals surface area contributed by atoms with Crippen molar-refractivity contribution in [3.8, 4) is 11.9 Å². The summed E-state index contributed by atoms with van der Waals surface area (Å²) in [7, 11) is 0. The lowest BCUT2D eigenvalue weighted by Crippen LogP contribution is -2.47. The largest absolute Gasteiger partial charge is 0.473 e. The highest BCUT2D eigenvalue weighted by Gasteiger charge is 2.26. The van der Waals surface area contributed by atoms with Crippen molar-refractivity contribution in [2.45, 2.75) is 32.2 Å². The van der Waals surface area contributed by atoms with Gasteiger partial charge in [-0.05, 0) is 30.7 Å². The van der Waals surface area contributed by atoms with Gasteiger partial charge in [0, 0.05) is 55.6 Å². The van der Waals surface area contributed by atoms with E-state index >= 15 is 0 Å². The van der Waals surface area contributed by atoms with Gasteiger partial charge < -0.3 is 18.9 Å². The number of anilines is 1. The van der Waals surface area contributed by atoms with E-state index in [1.54, 1.807) is 24.4 Å². The quantitative estimate of drug-likeness (QED) is 0.312. The van der Waals surface area contributed by atoms with Gasteiger partial charge in [0.25, 0.3) is 0 Å². The van der Waals surface area contributed by atoms with Gasteiger partial charge in [0.05, 0.1) is 24.8 Å². The van der Waals surface area contributed by atoms with Crippen LogP contribution in [0.25, 0.3) is 11.2 Å². The molecule has 2 fully saturated rings. The van der Waals surface area contributed by atoms with Crippen LogP contribution in [0.3, 0.4) is 0 Å². The van der Waals surface area contributed by atoms with E-state index in [1.807, 2.05) is 4.90 Å². The van der Waals surface area contributed by atoms with Crippen LogP contribution in [-0.2, 0) is 24.4 Å². The lowest BCUT2D eigenvalue weighted by atomic mass is 10.2. The third-order valence-corrected chi connectivity index (χ3v) is 7.44. The lowest BCUT2D eigenvalue weighted by molar-refractivity contribution is -0.0592. The van der Waals surface area contributed by atoms with Gasteiger partial charge in [-0.2, -0.15) is 10.2 Å². The highest BCUT2D eigenvalue weighted by molar-refractivity contribution is 6.30. The minimum atomic E-state index is -0.471. The second-order valence-corrected chi connectivity index (χ2v) is 10.3. The first-order chi connectivity index (χ1) is 19.5. The lowest BCUT2D eigenvalue weighted by Gasteiger charge is -2.35. The first kappa shape index (κ1) is 26.4. The molecule has 1 atom stereocenters. The number of hydrogen-bond donors (Lipinski definition) is 0. The Kier molecular flexibility index (Phi) is 7.47. The molecule has 40 heavy (non-hydrogen) atoms. The second kappa shape index (κ2) is 11.3. The number of nitrogens with zero attached hydrogens (tertiary/aromatic N) is 7. The molecule has 0 bridgehead atoms. The number of aromatic nitrogens is 4. The van der Waals surface area contributed by atoms with E-state index in [2.05, 4.69) is 25.5 Å². The molecule has 2 aliphatic rings. The number of benzene rings is 1. The second-order valence-electron chi connectivity index (χ2n) is 9.84. The minimum Gasteiger partial charge on any atom is -0.473 e. The van der Waals surface area contributed by atoms with Crippen LogP contribution in [0.4, 0.5) is 14.6 Å². The topological polar surface area (TPSA) is 92.3 Å². The summed E-state index contributed by atoms with van der Waals surface area (Å²) in [5.74, 6) is 0.359. The average Bonchev–Trinajstić information content (AvgIpc) is 3.27. The molecule has 0 saturated carbocycles. The summed E-state index contributed by atoms with van der Waals surface area (Å²) in [6, 6.07) is 11.0. The number of piperazine rings is 1. The van der Waals surface area contributed by atoms with E-state index in [9.17, 15) is 14.0 Å². The maximum atomic E-state index is 14.8. The maximum Gasteiger partial charge on any atom is 0.215 e. The van der Waals surface area contributed by atoms with Gasteiger partial charge in [-0.15, -0.1) is 0 Å². The van der Waals surface area contributed by atoms with Crippen molar-refractivity contribution in [2.75, 3.05) is 37.7 Å². The zero-order chi connectivity index (χ0) is 27.6. The van der Waals surface area contributed by atoms with Gasteiger partial charge in [-0.1, -0.05) is 17.7 Å².